The van der Waals surface area contributed by atoms with Crippen molar-refractivity contribution in [1.82, 2.24) is 4.31 Å². The fourth-order valence-electron chi connectivity index (χ4n) is 3.07. The molecule has 13 heteroatoms. The maximum atomic E-state index is 13.0. The van der Waals surface area contributed by atoms with E-state index in [1.807, 2.05) is 0 Å². The van der Waals surface area contributed by atoms with Crippen molar-refractivity contribution >= 4 is 31.4 Å². The zero-order chi connectivity index (χ0) is 22.8. The monoisotopic (exact) mass is 471 g/mol. The van der Waals surface area contributed by atoms with Gasteiger partial charge in [0.2, 0.25) is 10.0 Å². The highest BCUT2D eigenvalue weighted by molar-refractivity contribution is 7.92. The van der Waals surface area contributed by atoms with Crippen molar-refractivity contribution in [3.63, 3.8) is 0 Å². The van der Waals surface area contributed by atoms with Crippen LogP contribution in [0.25, 0.3) is 0 Å². The third-order valence-corrected chi connectivity index (χ3v) is 8.12. The van der Waals surface area contributed by atoms with Crippen molar-refractivity contribution in [2.24, 2.45) is 0 Å². The lowest BCUT2D eigenvalue weighted by Crippen LogP contribution is -2.40. The van der Waals surface area contributed by atoms with Crippen molar-refractivity contribution in [2.45, 2.75) is 16.7 Å². The van der Waals surface area contributed by atoms with E-state index >= 15 is 0 Å². The summed E-state index contributed by atoms with van der Waals surface area (Å²) < 4.78 is 65.6. The van der Waals surface area contributed by atoms with Gasteiger partial charge in [0.1, 0.15) is 10.6 Å². The lowest BCUT2D eigenvalue weighted by molar-refractivity contribution is -0.385. The first-order valence-corrected chi connectivity index (χ1v) is 12.0. The molecule has 1 saturated heterocycles. The SMILES string of the molecule is COc1ccc([N+](=O)[O-])cc1S(=O)(=O)Nc1ccc(C)c(S(=O)(=O)N2CCOCC2)c1. The molecule has 0 saturated carbocycles. The van der Waals surface area contributed by atoms with E-state index < -0.39 is 35.6 Å². The number of methoxy groups -OCH3 is 1. The smallest absolute Gasteiger partial charge is 0.271 e. The van der Waals surface area contributed by atoms with Crippen LogP contribution >= 0.6 is 0 Å². The molecule has 2 aromatic carbocycles. The molecule has 3 rings (SSSR count). The highest BCUT2D eigenvalue weighted by atomic mass is 32.2. The molecular weight excluding hydrogens is 450 g/mol. The predicted molar refractivity (Wildman–Crippen MR) is 111 cm³/mol. The number of non-ortho nitro benzene ring substituents is 1. The molecule has 0 aromatic heterocycles. The van der Waals surface area contributed by atoms with Crippen molar-refractivity contribution in [3.05, 3.63) is 52.1 Å². The summed E-state index contributed by atoms with van der Waals surface area (Å²) in [6.45, 7) is 2.55. The first-order chi connectivity index (χ1) is 14.6. The lowest BCUT2D eigenvalue weighted by atomic mass is 10.2. The Labute approximate surface area is 179 Å². The van der Waals surface area contributed by atoms with E-state index in [0.29, 0.717) is 5.56 Å². The Balaban J connectivity index is 1.99. The number of sulfonamides is 2. The summed E-state index contributed by atoms with van der Waals surface area (Å²) in [4.78, 5) is 9.84. The van der Waals surface area contributed by atoms with Gasteiger partial charge >= 0.3 is 0 Å². The molecule has 0 bridgehead atoms. The Morgan fingerprint density at radius 3 is 2.35 bits per heavy atom. The van der Waals surface area contributed by atoms with Gasteiger partial charge in [0.15, 0.2) is 0 Å². The molecule has 168 valence electrons. The van der Waals surface area contributed by atoms with Gasteiger partial charge in [0.05, 0.1) is 35.8 Å². The first-order valence-electron chi connectivity index (χ1n) is 9.10. The van der Waals surface area contributed by atoms with Crippen LogP contribution in [0.5, 0.6) is 5.75 Å². The molecule has 1 N–H and O–H groups in total. The number of nitrogens with zero attached hydrogens (tertiary/aromatic N) is 2. The summed E-state index contributed by atoms with van der Waals surface area (Å²) in [6.07, 6.45) is 0. The highest BCUT2D eigenvalue weighted by Crippen LogP contribution is 2.31. The van der Waals surface area contributed by atoms with Gasteiger partial charge in [-0.25, -0.2) is 16.8 Å². The van der Waals surface area contributed by atoms with Gasteiger partial charge in [0.25, 0.3) is 15.7 Å². The molecule has 1 aliphatic rings. The number of nitro benzene ring substituents is 1. The van der Waals surface area contributed by atoms with Crippen LogP contribution in [0.3, 0.4) is 0 Å². The molecule has 31 heavy (non-hydrogen) atoms. The minimum atomic E-state index is -4.32. The molecule has 11 nitrogen and oxygen atoms in total. The topological polar surface area (TPSA) is 145 Å². The number of nitro groups is 1. The fraction of sp³-hybridized carbons (Fsp3) is 0.333. The van der Waals surface area contributed by atoms with Gasteiger partial charge in [-0.1, -0.05) is 6.07 Å². The summed E-state index contributed by atoms with van der Waals surface area (Å²) in [7, 11) is -6.95. The molecule has 1 heterocycles. The Bertz CT molecular complexity index is 1210. The Morgan fingerprint density at radius 1 is 1.06 bits per heavy atom. The second-order valence-corrected chi connectivity index (χ2v) is 10.3. The molecule has 0 amide bonds. The van der Waals surface area contributed by atoms with E-state index in [-0.39, 0.29) is 42.6 Å². The summed E-state index contributed by atoms with van der Waals surface area (Å²) in [5, 5.41) is 11.1. The summed E-state index contributed by atoms with van der Waals surface area (Å²) in [6, 6.07) is 7.29. The van der Waals surface area contributed by atoms with E-state index in [2.05, 4.69) is 4.72 Å². The van der Waals surface area contributed by atoms with Crippen LogP contribution < -0.4 is 9.46 Å². The second kappa shape index (κ2) is 8.78. The minimum absolute atomic E-state index is 0.00834. The van der Waals surface area contributed by atoms with E-state index in [0.717, 1.165) is 12.1 Å². The van der Waals surface area contributed by atoms with Gasteiger partial charge in [-0.2, -0.15) is 4.31 Å². The average molecular weight is 472 g/mol. The van der Waals surface area contributed by atoms with Crippen molar-refractivity contribution in [2.75, 3.05) is 38.1 Å². The number of anilines is 1. The number of aryl methyl sites for hydroxylation is 1. The normalized spacial score (nSPS) is 15.4. The molecular formula is C18H21N3O8S2. The molecule has 0 aliphatic carbocycles. The van der Waals surface area contributed by atoms with Gasteiger partial charge in [-0.05, 0) is 30.7 Å². The van der Waals surface area contributed by atoms with Gasteiger partial charge in [-0.15, -0.1) is 0 Å². The summed E-state index contributed by atoms with van der Waals surface area (Å²) in [5.74, 6) is -0.0913. The second-order valence-electron chi connectivity index (χ2n) is 6.69. The maximum Gasteiger partial charge on any atom is 0.271 e. The number of nitrogens with one attached hydrogen (secondary N) is 1. The molecule has 0 radical (unpaired) electrons. The number of morpholine rings is 1. The van der Waals surface area contributed by atoms with Crippen LogP contribution in [0.1, 0.15) is 5.56 Å². The maximum absolute atomic E-state index is 13.0. The molecule has 0 unspecified atom stereocenters. The summed E-state index contributed by atoms with van der Waals surface area (Å²) >= 11 is 0. The van der Waals surface area contributed by atoms with Crippen LogP contribution in [0, 0.1) is 17.0 Å². The van der Waals surface area contributed by atoms with Gasteiger partial charge in [-0.3, -0.25) is 14.8 Å². The number of rotatable bonds is 7. The van der Waals surface area contributed by atoms with E-state index in [1.54, 1.807) is 6.92 Å². The van der Waals surface area contributed by atoms with Gasteiger partial charge in [0, 0.05) is 25.2 Å². The van der Waals surface area contributed by atoms with E-state index in [4.69, 9.17) is 9.47 Å². The van der Waals surface area contributed by atoms with Crippen molar-refractivity contribution in [3.8, 4) is 5.75 Å². The largest absolute Gasteiger partial charge is 0.495 e. The third-order valence-electron chi connectivity index (χ3n) is 4.68. The lowest BCUT2D eigenvalue weighted by Gasteiger charge is -2.27. The fourth-order valence-corrected chi connectivity index (χ4v) is 5.96. The molecule has 0 atom stereocenters. The number of hydrogen-bond acceptors (Lipinski definition) is 8. The number of benzene rings is 2. The highest BCUT2D eigenvalue weighted by Gasteiger charge is 2.29. The Morgan fingerprint density at radius 2 is 1.74 bits per heavy atom. The minimum Gasteiger partial charge on any atom is -0.495 e. The van der Waals surface area contributed by atoms with Crippen molar-refractivity contribution in [1.29, 1.82) is 0 Å². The van der Waals surface area contributed by atoms with Crippen LogP contribution in [-0.2, 0) is 24.8 Å². The summed E-state index contributed by atoms with van der Waals surface area (Å²) in [5.41, 5.74) is 0.00836. The zero-order valence-corrected chi connectivity index (χ0v) is 18.4. The average Bonchev–Trinajstić information content (AvgIpc) is 2.74. The third kappa shape index (κ3) is 4.79. The Kier molecular flexibility index (Phi) is 6.50. The molecule has 2 aromatic rings. The van der Waals surface area contributed by atoms with E-state index in [9.17, 15) is 26.9 Å². The van der Waals surface area contributed by atoms with Gasteiger partial charge < -0.3 is 9.47 Å². The van der Waals surface area contributed by atoms with Crippen LogP contribution in [0.4, 0.5) is 11.4 Å². The van der Waals surface area contributed by atoms with Crippen molar-refractivity contribution < 1.29 is 31.2 Å². The zero-order valence-electron chi connectivity index (χ0n) is 16.8. The van der Waals surface area contributed by atoms with E-state index in [1.165, 1.54) is 35.7 Å². The van der Waals surface area contributed by atoms with Crippen LogP contribution in [0.2, 0.25) is 0 Å². The Hall–Kier alpha value is -2.74. The molecule has 1 fully saturated rings. The van der Waals surface area contributed by atoms with Crippen LogP contribution in [0.15, 0.2) is 46.2 Å². The number of hydrogen-bond donors (Lipinski definition) is 1. The first kappa shape index (κ1) is 22.9. The molecule has 1 aliphatic heterocycles. The predicted octanol–water partition coefficient (Wildman–Crippen LogP) is 1.73. The standard InChI is InChI=1S/C18H21N3O8S2/c1-13-3-4-14(11-17(13)31(26,27)20-7-9-29-10-8-20)19-30(24,25)18-12-15(21(22)23)5-6-16(18)28-2/h3-6,11-12,19H,7-10H2,1-2H3. The molecule has 0 spiro atoms. The number of ether oxygens (including phenoxy) is 2. The van der Waals surface area contributed by atoms with Crippen LogP contribution in [-0.4, -0.2) is 59.5 Å². The quantitative estimate of drug-likeness (QED) is 0.475.